The highest BCUT2D eigenvalue weighted by atomic mass is 16.6. The van der Waals surface area contributed by atoms with Crippen molar-refractivity contribution >= 4 is 17.5 Å². The van der Waals surface area contributed by atoms with Crippen LogP contribution in [0.5, 0.6) is 0 Å². The highest BCUT2D eigenvalue weighted by molar-refractivity contribution is 6.01. The predicted octanol–water partition coefficient (Wildman–Crippen LogP) is 3.40. The van der Waals surface area contributed by atoms with Gasteiger partial charge in [0.25, 0.3) is 0 Å². The smallest absolute Gasteiger partial charge is 0.303 e. The number of hydrogen-bond acceptors (Lipinski definition) is 5. The van der Waals surface area contributed by atoms with Gasteiger partial charge in [-0.2, -0.15) is 0 Å². The van der Waals surface area contributed by atoms with Crippen molar-refractivity contribution in [3.8, 4) is 0 Å². The lowest BCUT2D eigenvalue weighted by atomic mass is 9.44. The Kier molecular flexibility index (Phi) is 4.51. The lowest BCUT2D eigenvalue weighted by Crippen LogP contribution is -2.62. The molecule has 4 rings (SSSR count). The number of carbonyl (C=O) groups is 3. The van der Waals surface area contributed by atoms with Crippen LogP contribution in [0.1, 0.15) is 60.3 Å². The Bertz CT molecular complexity index is 840. The van der Waals surface area contributed by atoms with Gasteiger partial charge in [0.2, 0.25) is 0 Å². The molecule has 0 spiro atoms. The number of Topliss-reactive ketones (excluding diaryl/α,β-unsaturated/α-hetero) is 1. The van der Waals surface area contributed by atoms with Crippen LogP contribution in [-0.4, -0.2) is 34.3 Å². The van der Waals surface area contributed by atoms with Gasteiger partial charge in [-0.25, -0.2) is 0 Å². The molecular weight excluding hydrogens is 368 g/mol. The molecule has 0 bridgehead atoms. The number of allylic oxidation sites excluding steroid dienone is 4. The molecule has 29 heavy (non-hydrogen) atoms. The third kappa shape index (κ3) is 2.59. The van der Waals surface area contributed by atoms with Crippen LogP contribution in [-0.2, 0) is 19.1 Å². The fraction of sp³-hybridized carbons (Fsp3) is 0.708. The predicted molar refractivity (Wildman–Crippen MR) is 108 cm³/mol. The molecule has 0 aromatic rings. The highest BCUT2D eigenvalue weighted by Crippen LogP contribution is 2.68. The summed E-state index contributed by atoms with van der Waals surface area (Å²) in [6, 6.07) is 0. The van der Waals surface area contributed by atoms with Crippen molar-refractivity contribution in [3.05, 3.63) is 23.8 Å². The Balaban J connectivity index is 1.80. The molecule has 0 amide bonds. The molecule has 0 aliphatic heterocycles. The van der Waals surface area contributed by atoms with Crippen molar-refractivity contribution in [2.75, 3.05) is 0 Å². The second kappa shape index (κ2) is 6.37. The van der Waals surface area contributed by atoms with Crippen molar-refractivity contribution in [2.45, 2.75) is 72.0 Å². The number of aliphatic hydroxyl groups excluding tert-OH is 1. The van der Waals surface area contributed by atoms with E-state index in [0.717, 1.165) is 18.4 Å². The van der Waals surface area contributed by atoms with E-state index in [4.69, 9.17) is 4.74 Å². The fourth-order valence-electron chi connectivity index (χ4n) is 7.80. The summed E-state index contributed by atoms with van der Waals surface area (Å²) in [5.74, 6) is 0.0627. The van der Waals surface area contributed by atoms with Crippen molar-refractivity contribution in [1.82, 2.24) is 0 Å². The van der Waals surface area contributed by atoms with Crippen LogP contribution >= 0.6 is 0 Å². The van der Waals surface area contributed by atoms with Crippen LogP contribution in [0, 0.1) is 34.5 Å². The Hall–Kier alpha value is -1.75. The number of fused-ring (bicyclic) bond motifs is 5. The second-order valence-electron chi connectivity index (χ2n) is 10.3. The fourth-order valence-corrected chi connectivity index (χ4v) is 7.80. The van der Waals surface area contributed by atoms with Gasteiger partial charge in [-0.05, 0) is 62.5 Å². The van der Waals surface area contributed by atoms with Gasteiger partial charge in [-0.15, -0.1) is 0 Å². The van der Waals surface area contributed by atoms with Gasteiger partial charge in [0.15, 0.2) is 17.2 Å². The van der Waals surface area contributed by atoms with Crippen LogP contribution in [0.15, 0.2) is 23.8 Å². The summed E-state index contributed by atoms with van der Waals surface area (Å²) in [5.41, 5.74) is -0.991. The van der Waals surface area contributed by atoms with E-state index >= 15 is 0 Å². The molecule has 0 aromatic carbocycles. The first-order chi connectivity index (χ1) is 13.5. The Labute approximate surface area is 172 Å². The van der Waals surface area contributed by atoms with E-state index in [9.17, 15) is 19.5 Å². The standard InChI is InChI=1S/C24H32O5/c1-13-10-17-18-7-9-24(14(2)25,29-15(3)26)23(18,5)12-20(28)21(17)22(4)8-6-16(27)11-19(13)22/h6,8,11,13,17-18,20-21,28H,7,9-10,12H2,1-5H3/t13-,17?,18?,20?,21?,22?,23?,24-/m0/s1. The molecule has 158 valence electrons. The molecule has 3 fully saturated rings. The number of aliphatic hydroxyl groups is 1. The molecule has 5 heteroatoms. The van der Waals surface area contributed by atoms with E-state index in [1.54, 1.807) is 12.2 Å². The lowest BCUT2D eigenvalue weighted by molar-refractivity contribution is -0.197. The van der Waals surface area contributed by atoms with Crippen molar-refractivity contribution in [3.63, 3.8) is 0 Å². The number of hydrogen-bond donors (Lipinski definition) is 1. The molecule has 0 saturated heterocycles. The van der Waals surface area contributed by atoms with Crippen LogP contribution in [0.4, 0.5) is 0 Å². The number of rotatable bonds is 2. The van der Waals surface area contributed by atoms with Gasteiger partial charge in [-0.3, -0.25) is 14.4 Å². The summed E-state index contributed by atoms with van der Waals surface area (Å²) in [4.78, 5) is 36.8. The van der Waals surface area contributed by atoms with E-state index in [-0.39, 0.29) is 40.7 Å². The summed E-state index contributed by atoms with van der Waals surface area (Å²) >= 11 is 0. The normalized spacial score (nSPS) is 48.3. The van der Waals surface area contributed by atoms with Gasteiger partial charge in [0.05, 0.1) is 6.10 Å². The summed E-state index contributed by atoms with van der Waals surface area (Å²) in [5, 5.41) is 11.4. The van der Waals surface area contributed by atoms with Gasteiger partial charge in [-0.1, -0.05) is 32.4 Å². The summed E-state index contributed by atoms with van der Waals surface area (Å²) < 4.78 is 5.76. The minimum Gasteiger partial charge on any atom is -0.451 e. The van der Waals surface area contributed by atoms with Crippen LogP contribution in [0.3, 0.4) is 0 Å². The monoisotopic (exact) mass is 400 g/mol. The summed E-state index contributed by atoms with van der Waals surface area (Å²) in [7, 11) is 0. The van der Waals surface area contributed by atoms with E-state index in [2.05, 4.69) is 13.8 Å². The van der Waals surface area contributed by atoms with Crippen LogP contribution < -0.4 is 0 Å². The molecule has 0 radical (unpaired) electrons. The molecule has 6 unspecified atom stereocenters. The van der Waals surface area contributed by atoms with E-state index in [1.807, 2.05) is 13.0 Å². The van der Waals surface area contributed by atoms with Crippen molar-refractivity contribution in [1.29, 1.82) is 0 Å². The first-order valence-corrected chi connectivity index (χ1v) is 10.8. The van der Waals surface area contributed by atoms with Crippen LogP contribution in [0.25, 0.3) is 0 Å². The SMILES string of the molecule is CC(=O)O[C@]1(C(C)=O)CCC2C3C[C@H](C)C4=CC(=O)C=CC4(C)C3C(O)CC21C. The van der Waals surface area contributed by atoms with Crippen molar-refractivity contribution in [2.24, 2.45) is 34.5 Å². The molecule has 0 aromatic heterocycles. The third-order valence-corrected chi connectivity index (χ3v) is 8.82. The first-order valence-electron chi connectivity index (χ1n) is 10.8. The first kappa shape index (κ1) is 20.5. The number of esters is 1. The lowest BCUT2D eigenvalue weighted by Gasteiger charge is -2.61. The molecule has 0 heterocycles. The van der Waals surface area contributed by atoms with Gasteiger partial charge in [0, 0.05) is 23.7 Å². The number of ketones is 2. The number of ether oxygens (including phenoxy) is 1. The van der Waals surface area contributed by atoms with E-state index in [1.165, 1.54) is 13.8 Å². The zero-order valence-corrected chi connectivity index (χ0v) is 18.0. The molecule has 8 atom stereocenters. The zero-order valence-electron chi connectivity index (χ0n) is 18.0. The largest absolute Gasteiger partial charge is 0.451 e. The van der Waals surface area contributed by atoms with Gasteiger partial charge < -0.3 is 9.84 Å². The maximum Gasteiger partial charge on any atom is 0.303 e. The Morgan fingerprint density at radius 3 is 2.55 bits per heavy atom. The summed E-state index contributed by atoms with van der Waals surface area (Å²) in [6.07, 6.45) is 7.36. The highest BCUT2D eigenvalue weighted by Gasteiger charge is 2.70. The third-order valence-electron chi connectivity index (χ3n) is 8.82. The minimum atomic E-state index is -1.16. The van der Waals surface area contributed by atoms with Gasteiger partial charge in [0.1, 0.15) is 0 Å². The second-order valence-corrected chi connectivity index (χ2v) is 10.3. The number of carbonyl (C=O) groups excluding carboxylic acids is 3. The average Bonchev–Trinajstić information content (AvgIpc) is 2.89. The zero-order chi connectivity index (χ0) is 21.4. The molecule has 1 N–H and O–H groups in total. The van der Waals surface area contributed by atoms with E-state index in [0.29, 0.717) is 12.8 Å². The molecule has 3 saturated carbocycles. The minimum absolute atomic E-state index is 0.00698. The molecule has 4 aliphatic carbocycles. The van der Waals surface area contributed by atoms with Gasteiger partial charge >= 0.3 is 5.97 Å². The summed E-state index contributed by atoms with van der Waals surface area (Å²) in [6.45, 7) is 9.20. The molecular formula is C24H32O5. The molecule has 5 nitrogen and oxygen atoms in total. The maximum atomic E-state index is 12.8. The molecule has 4 aliphatic rings. The van der Waals surface area contributed by atoms with Crippen molar-refractivity contribution < 1.29 is 24.2 Å². The maximum absolute atomic E-state index is 12.8. The van der Waals surface area contributed by atoms with Crippen LogP contribution in [0.2, 0.25) is 0 Å². The quantitative estimate of drug-likeness (QED) is 0.719. The van der Waals surface area contributed by atoms with E-state index < -0.39 is 23.1 Å². The average molecular weight is 401 g/mol. The topological polar surface area (TPSA) is 80.7 Å². The Morgan fingerprint density at radius 2 is 1.93 bits per heavy atom. The Morgan fingerprint density at radius 1 is 1.24 bits per heavy atom.